The van der Waals surface area contributed by atoms with Crippen LogP contribution >= 0.6 is 11.6 Å². The van der Waals surface area contributed by atoms with E-state index < -0.39 is 35.2 Å². The summed E-state index contributed by atoms with van der Waals surface area (Å²) in [7, 11) is -1.64. The minimum Gasteiger partial charge on any atom is -0.330 e. The SMILES string of the molecule is NCC(CS(=O)Cc1ccccc1Cl)C(F)(F)F. The van der Waals surface area contributed by atoms with Gasteiger partial charge in [-0.25, -0.2) is 0 Å². The predicted octanol–water partition coefficient (Wildman–Crippen LogP) is 2.73. The number of benzene rings is 1. The van der Waals surface area contributed by atoms with E-state index in [4.69, 9.17) is 17.3 Å². The summed E-state index contributed by atoms with van der Waals surface area (Å²) in [5.74, 6) is -2.22. The van der Waals surface area contributed by atoms with Crippen LogP contribution in [0.4, 0.5) is 13.2 Å². The van der Waals surface area contributed by atoms with E-state index in [0.29, 0.717) is 10.6 Å². The van der Waals surface area contributed by atoms with Crippen LogP contribution in [0, 0.1) is 5.92 Å². The van der Waals surface area contributed by atoms with Crippen LogP contribution in [-0.2, 0) is 16.6 Å². The van der Waals surface area contributed by atoms with Crippen molar-refractivity contribution < 1.29 is 17.4 Å². The van der Waals surface area contributed by atoms with E-state index in [1.165, 1.54) is 0 Å². The lowest BCUT2D eigenvalue weighted by Gasteiger charge is -2.17. The van der Waals surface area contributed by atoms with Crippen molar-refractivity contribution in [3.05, 3.63) is 34.9 Å². The summed E-state index contributed by atoms with van der Waals surface area (Å²) in [5.41, 5.74) is 5.63. The lowest BCUT2D eigenvalue weighted by atomic mass is 10.2. The summed E-state index contributed by atoms with van der Waals surface area (Å²) in [6.45, 7) is -0.558. The molecule has 2 atom stereocenters. The average Bonchev–Trinajstić information content (AvgIpc) is 2.27. The highest BCUT2D eigenvalue weighted by Gasteiger charge is 2.39. The predicted molar refractivity (Wildman–Crippen MR) is 66.8 cm³/mol. The van der Waals surface area contributed by atoms with Crippen molar-refractivity contribution in [2.75, 3.05) is 12.3 Å². The summed E-state index contributed by atoms with van der Waals surface area (Å²) in [6, 6.07) is 6.65. The second kappa shape index (κ2) is 6.54. The maximum Gasteiger partial charge on any atom is 0.393 e. The summed E-state index contributed by atoms with van der Waals surface area (Å²) in [6.07, 6.45) is -4.41. The van der Waals surface area contributed by atoms with Gasteiger partial charge in [0.1, 0.15) is 0 Å². The Balaban J connectivity index is 2.65. The topological polar surface area (TPSA) is 43.1 Å². The maximum atomic E-state index is 12.5. The summed E-state index contributed by atoms with van der Waals surface area (Å²) >= 11 is 5.85. The van der Waals surface area contributed by atoms with Gasteiger partial charge in [0, 0.05) is 28.1 Å². The van der Waals surface area contributed by atoms with Crippen LogP contribution < -0.4 is 5.73 Å². The average molecular weight is 300 g/mol. The first-order valence-electron chi connectivity index (χ1n) is 5.19. The number of hydrogen-bond acceptors (Lipinski definition) is 2. The Morgan fingerprint density at radius 1 is 1.33 bits per heavy atom. The molecule has 0 saturated heterocycles. The molecule has 0 aromatic heterocycles. The van der Waals surface area contributed by atoms with Crippen molar-refractivity contribution >= 4 is 22.4 Å². The zero-order chi connectivity index (χ0) is 13.8. The summed E-state index contributed by atoms with van der Waals surface area (Å²) < 4.78 is 49.1. The van der Waals surface area contributed by atoms with Crippen molar-refractivity contribution in [3.63, 3.8) is 0 Å². The molecule has 0 amide bonds. The van der Waals surface area contributed by atoms with Gasteiger partial charge >= 0.3 is 6.18 Å². The normalized spacial score (nSPS) is 15.4. The van der Waals surface area contributed by atoms with Crippen molar-refractivity contribution in [1.82, 2.24) is 0 Å². The molecule has 18 heavy (non-hydrogen) atoms. The lowest BCUT2D eigenvalue weighted by molar-refractivity contribution is -0.165. The van der Waals surface area contributed by atoms with Crippen molar-refractivity contribution in [1.29, 1.82) is 0 Å². The molecule has 2 unspecified atom stereocenters. The maximum absolute atomic E-state index is 12.5. The molecular weight excluding hydrogens is 287 g/mol. The minimum absolute atomic E-state index is 0.00620. The monoisotopic (exact) mass is 299 g/mol. The highest BCUT2D eigenvalue weighted by Crippen LogP contribution is 2.27. The van der Waals surface area contributed by atoms with Gasteiger partial charge < -0.3 is 5.73 Å². The molecule has 0 radical (unpaired) electrons. The first-order valence-corrected chi connectivity index (χ1v) is 7.06. The van der Waals surface area contributed by atoms with Crippen LogP contribution in [0.2, 0.25) is 5.02 Å². The zero-order valence-electron chi connectivity index (χ0n) is 9.41. The van der Waals surface area contributed by atoms with E-state index in [9.17, 15) is 17.4 Å². The van der Waals surface area contributed by atoms with Gasteiger partial charge in [0.25, 0.3) is 0 Å². The summed E-state index contributed by atoms with van der Waals surface area (Å²) in [4.78, 5) is 0. The van der Waals surface area contributed by atoms with Crippen LogP contribution in [0.5, 0.6) is 0 Å². The van der Waals surface area contributed by atoms with Crippen LogP contribution in [0.3, 0.4) is 0 Å². The third-order valence-corrected chi connectivity index (χ3v) is 4.18. The smallest absolute Gasteiger partial charge is 0.330 e. The fraction of sp³-hybridized carbons (Fsp3) is 0.455. The molecule has 1 aromatic rings. The van der Waals surface area contributed by atoms with Crippen LogP contribution in [0.15, 0.2) is 24.3 Å². The number of hydrogen-bond donors (Lipinski definition) is 1. The van der Waals surface area contributed by atoms with E-state index in [0.717, 1.165) is 0 Å². The Hall–Kier alpha value is -0.590. The van der Waals surface area contributed by atoms with Crippen LogP contribution in [-0.4, -0.2) is 22.7 Å². The van der Waals surface area contributed by atoms with Gasteiger partial charge in [0.15, 0.2) is 0 Å². The molecule has 0 aliphatic carbocycles. The van der Waals surface area contributed by atoms with E-state index in [-0.39, 0.29) is 5.75 Å². The molecule has 0 fully saturated rings. The molecule has 0 aliphatic heterocycles. The quantitative estimate of drug-likeness (QED) is 0.908. The molecule has 7 heteroatoms. The van der Waals surface area contributed by atoms with Crippen LogP contribution in [0.25, 0.3) is 0 Å². The highest BCUT2D eigenvalue weighted by molar-refractivity contribution is 7.84. The third kappa shape index (κ3) is 4.59. The van der Waals surface area contributed by atoms with Gasteiger partial charge in [-0.05, 0) is 11.6 Å². The molecule has 2 nitrogen and oxygen atoms in total. The van der Waals surface area contributed by atoms with Gasteiger partial charge in [-0.3, -0.25) is 4.21 Å². The minimum atomic E-state index is -4.41. The van der Waals surface area contributed by atoms with Gasteiger partial charge in [-0.15, -0.1) is 0 Å². The highest BCUT2D eigenvalue weighted by atomic mass is 35.5. The number of rotatable bonds is 5. The molecule has 2 N–H and O–H groups in total. The Labute approximate surface area is 111 Å². The molecule has 1 rings (SSSR count). The Bertz CT molecular complexity index is 425. The van der Waals surface area contributed by atoms with Crippen LogP contribution in [0.1, 0.15) is 5.56 Å². The molecule has 0 heterocycles. The lowest BCUT2D eigenvalue weighted by Crippen LogP contribution is -2.34. The van der Waals surface area contributed by atoms with Crippen molar-refractivity contribution in [2.45, 2.75) is 11.9 Å². The molecule has 1 aromatic carbocycles. The fourth-order valence-electron chi connectivity index (χ4n) is 1.37. The molecule has 102 valence electrons. The fourth-order valence-corrected chi connectivity index (χ4v) is 3.14. The van der Waals surface area contributed by atoms with E-state index in [2.05, 4.69) is 0 Å². The van der Waals surface area contributed by atoms with Gasteiger partial charge in [-0.2, -0.15) is 13.2 Å². The molecule has 0 saturated carbocycles. The second-order valence-corrected chi connectivity index (χ2v) is 5.73. The Morgan fingerprint density at radius 3 is 2.44 bits per heavy atom. The molecule has 0 bridgehead atoms. The molecule has 0 aliphatic rings. The first-order chi connectivity index (χ1) is 8.34. The van der Waals surface area contributed by atoms with E-state index in [1.807, 2.05) is 0 Å². The number of halogens is 4. The van der Waals surface area contributed by atoms with Crippen molar-refractivity contribution in [2.24, 2.45) is 11.7 Å². The molecule has 0 spiro atoms. The number of alkyl halides is 3. The standard InChI is InChI=1S/C11H13ClF3NOS/c12-10-4-2-1-3-8(10)6-18(17)7-9(5-16)11(13,14)15/h1-4,9H,5-7,16H2. The zero-order valence-corrected chi connectivity index (χ0v) is 11.0. The van der Waals surface area contributed by atoms with Gasteiger partial charge in [0.2, 0.25) is 0 Å². The van der Waals surface area contributed by atoms with Gasteiger partial charge in [-0.1, -0.05) is 29.8 Å². The largest absolute Gasteiger partial charge is 0.393 e. The van der Waals surface area contributed by atoms with E-state index in [1.54, 1.807) is 24.3 Å². The Kier molecular flexibility index (Phi) is 5.62. The first kappa shape index (κ1) is 15.5. The number of nitrogens with two attached hydrogens (primary N) is 1. The van der Waals surface area contributed by atoms with Gasteiger partial charge in [0.05, 0.1) is 11.7 Å². The Morgan fingerprint density at radius 2 is 1.94 bits per heavy atom. The summed E-state index contributed by atoms with van der Waals surface area (Å²) in [5, 5.41) is 0.405. The van der Waals surface area contributed by atoms with Crippen molar-refractivity contribution in [3.8, 4) is 0 Å². The van der Waals surface area contributed by atoms with E-state index >= 15 is 0 Å². The second-order valence-electron chi connectivity index (χ2n) is 3.82. The third-order valence-electron chi connectivity index (χ3n) is 2.41. The molecular formula is C11H13ClF3NOS.